The van der Waals surface area contributed by atoms with Crippen LogP contribution in [0.4, 0.5) is 11.4 Å². The van der Waals surface area contributed by atoms with Gasteiger partial charge in [0, 0.05) is 12.2 Å². The van der Waals surface area contributed by atoms with Gasteiger partial charge < -0.3 is 24.6 Å². The predicted octanol–water partition coefficient (Wildman–Crippen LogP) is 2.55. The van der Waals surface area contributed by atoms with Crippen molar-refractivity contribution < 1.29 is 23.9 Å². The lowest BCUT2D eigenvalue weighted by Crippen LogP contribution is -2.41. The quantitative estimate of drug-likeness (QED) is 0.488. The Labute approximate surface area is 181 Å². The van der Waals surface area contributed by atoms with Crippen LogP contribution in [0.3, 0.4) is 0 Å². The maximum Gasteiger partial charge on any atom is 0.338 e. The van der Waals surface area contributed by atoms with E-state index in [0.717, 1.165) is 13.1 Å². The van der Waals surface area contributed by atoms with Crippen molar-refractivity contribution in [3.8, 4) is 5.75 Å². The third-order valence-corrected chi connectivity index (χ3v) is 5.02. The first kappa shape index (κ1) is 22.3. The predicted molar refractivity (Wildman–Crippen MR) is 117 cm³/mol. The minimum Gasteiger partial charge on any atom is -0.461 e. The number of para-hydroxylation sites is 2. The highest BCUT2D eigenvalue weighted by atomic mass is 16.5. The summed E-state index contributed by atoms with van der Waals surface area (Å²) in [4.78, 5) is 40.3. The standard InChI is InChI=1S/C23H27N3O5/c1-3-25(4-2)13-14-30-23(29)17-9-11-18(12-10-17)24-21(27)15-26-16-22(28)31-20-8-6-5-7-19(20)26/h5-12H,3-4,13-16H2,1-2H3,(H,24,27). The van der Waals surface area contributed by atoms with Crippen LogP contribution < -0.4 is 15.0 Å². The van der Waals surface area contributed by atoms with E-state index in [1.807, 2.05) is 6.07 Å². The number of esters is 2. The van der Waals surface area contributed by atoms with E-state index in [4.69, 9.17) is 9.47 Å². The number of ether oxygens (including phenoxy) is 2. The minimum atomic E-state index is -0.407. The molecule has 0 radical (unpaired) electrons. The minimum absolute atomic E-state index is 0.00125. The number of rotatable bonds is 9. The average Bonchev–Trinajstić information content (AvgIpc) is 2.77. The molecule has 0 bridgehead atoms. The summed E-state index contributed by atoms with van der Waals surface area (Å²) < 4.78 is 10.5. The Bertz CT molecular complexity index is 925. The molecule has 1 aliphatic rings. The molecule has 1 heterocycles. The van der Waals surface area contributed by atoms with Crippen molar-refractivity contribution in [2.75, 3.05) is 49.5 Å². The zero-order chi connectivity index (χ0) is 22.2. The zero-order valence-electron chi connectivity index (χ0n) is 17.8. The van der Waals surface area contributed by atoms with Crippen molar-refractivity contribution in [1.82, 2.24) is 4.90 Å². The first-order chi connectivity index (χ1) is 15.0. The van der Waals surface area contributed by atoms with Crippen molar-refractivity contribution in [3.05, 3.63) is 54.1 Å². The molecular formula is C23H27N3O5. The average molecular weight is 425 g/mol. The van der Waals surface area contributed by atoms with Crippen LogP contribution in [0.1, 0.15) is 24.2 Å². The zero-order valence-corrected chi connectivity index (χ0v) is 17.8. The maximum absolute atomic E-state index is 12.5. The van der Waals surface area contributed by atoms with Gasteiger partial charge in [0.15, 0.2) is 5.75 Å². The molecule has 0 atom stereocenters. The molecule has 1 N–H and O–H groups in total. The SMILES string of the molecule is CCN(CC)CCOC(=O)c1ccc(NC(=O)CN2CC(=O)Oc3ccccc32)cc1. The van der Waals surface area contributed by atoms with Gasteiger partial charge in [0.1, 0.15) is 13.2 Å². The number of carbonyl (C=O) groups is 3. The van der Waals surface area contributed by atoms with Crippen LogP contribution in [-0.4, -0.2) is 62.1 Å². The molecule has 3 rings (SSSR count). The van der Waals surface area contributed by atoms with E-state index in [1.54, 1.807) is 47.4 Å². The Kier molecular flexibility index (Phi) is 7.61. The molecular weight excluding hydrogens is 398 g/mol. The van der Waals surface area contributed by atoms with Gasteiger partial charge in [-0.3, -0.25) is 4.79 Å². The van der Waals surface area contributed by atoms with E-state index < -0.39 is 11.9 Å². The van der Waals surface area contributed by atoms with Crippen LogP contribution in [0.15, 0.2) is 48.5 Å². The highest BCUT2D eigenvalue weighted by Gasteiger charge is 2.25. The van der Waals surface area contributed by atoms with E-state index in [2.05, 4.69) is 24.1 Å². The Morgan fingerprint density at radius 2 is 1.81 bits per heavy atom. The van der Waals surface area contributed by atoms with E-state index in [0.29, 0.717) is 35.8 Å². The number of carbonyl (C=O) groups excluding carboxylic acids is 3. The summed E-state index contributed by atoms with van der Waals surface area (Å²) in [6.07, 6.45) is 0. The molecule has 1 amide bonds. The second kappa shape index (κ2) is 10.6. The van der Waals surface area contributed by atoms with Gasteiger partial charge >= 0.3 is 11.9 Å². The van der Waals surface area contributed by atoms with E-state index in [9.17, 15) is 14.4 Å². The summed E-state index contributed by atoms with van der Waals surface area (Å²) in [5, 5.41) is 2.78. The van der Waals surface area contributed by atoms with Crippen molar-refractivity contribution in [2.45, 2.75) is 13.8 Å². The number of likely N-dealkylation sites (N-methyl/N-ethyl adjacent to an activating group) is 1. The van der Waals surface area contributed by atoms with E-state index in [-0.39, 0.29) is 19.0 Å². The van der Waals surface area contributed by atoms with Gasteiger partial charge in [0.05, 0.1) is 17.8 Å². The van der Waals surface area contributed by atoms with Crippen molar-refractivity contribution in [2.24, 2.45) is 0 Å². The Balaban J connectivity index is 1.52. The number of hydrogen-bond donors (Lipinski definition) is 1. The largest absolute Gasteiger partial charge is 0.461 e. The Morgan fingerprint density at radius 1 is 1.10 bits per heavy atom. The van der Waals surface area contributed by atoms with Crippen molar-refractivity contribution in [1.29, 1.82) is 0 Å². The first-order valence-corrected chi connectivity index (χ1v) is 10.3. The molecule has 31 heavy (non-hydrogen) atoms. The smallest absolute Gasteiger partial charge is 0.338 e. The molecule has 1 aliphatic heterocycles. The number of amides is 1. The second-order valence-corrected chi connectivity index (χ2v) is 7.09. The summed E-state index contributed by atoms with van der Waals surface area (Å²) in [5.74, 6) is -0.640. The van der Waals surface area contributed by atoms with Gasteiger partial charge in [-0.2, -0.15) is 0 Å². The molecule has 164 valence electrons. The number of nitrogens with zero attached hydrogens (tertiary/aromatic N) is 2. The molecule has 2 aromatic rings. The Morgan fingerprint density at radius 3 is 2.52 bits per heavy atom. The molecule has 8 heteroatoms. The summed E-state index contributed by atoms with van der Waals surface area (Å²) in [6.45, 7) is 6.98. The number of benzene rings is 2. The molecule has 0 unspecified atom stereocenters. The van der Waals surface area contributed by atoms with E-state index >= 15 is 0 Å². The maximum atomic E-state index is 12.5. The lowest BCUT2D eigenvalue weighted by Gasteiger charge is -2.29. The highest BCUT2D eigenvalue weighted by Crippen LogP contribution is 2.31. The van der Waals surface area contributed by atoms with Crippen LogP contribution in [0, 0.1) is 0 Å². The molecule has 0 aliphatic carbocycles. The fourth-order valence-corrected chi connectivity index (χ4v) is 3.30. The fourth-order valence-electron chi connectivity index (χ4n) is 3.30. The summed E-state index contributed by atoms with van der Waals surface area (Å²) in [7, 11) is 0. The number of hydrogen-bond acceptors (Lipinski definition) is 7. The lowest BCUT2D eigenvalue weighted by molar-refractivity contribution is -0.133. The summed E-state index contributed by atoms with van der Waals surface area (Å²) in [6, 6.07) is 13.6. The van der Waals surface area contributed by atoms with Gasteiger partial charge in [-0.1, -0.05) is 26.0 Å². The Hall–Kier alpha value is -3.39. The van der Waals surface area contributed by atoms with Crippen LogP contribution in [0.5, 0.6) is 5.75 Å². The van der Waals surface area contributed by atoms with Crippen molar-refractivity contribution >= 4 is 29.2 Å². The molecule has 0 spiro atoms. The van der Waals surface area contributed by atoms with E-state index in [1.165, 1.54) is 0 Å². The topological polar surface area (TPSA) is 88.2 Å². The molecule has 0 fully saturated rings. The van der Waals surface area contributed by atoms with Gasteiger partial charge in [-0.05, 0) is 49.5 Å². The third kappa shape index (κ3) is 6.05. The monoisotopic (exact) mass is 425 g/mol. The molecule has 2 aromatic carbocycles. The lowest BCUT2D eigenvalue weighted by atomic mass is 10.2. The van der Waals surface area contributed by atoms with Gasteiger partial charge in [0.25, 0.3) is 0 Å². The van der Waals surface area contributed by atoms with Gasteiger partial charge in [-0.15, -0.1) is 0 Å². The summed E-state index contributed by atoms with van der Waals surface area (Å²) in [5.41, 5.74) is 1.67. The first-order valence-electron chi connectivity index (χ1n) is 10.3. The molecule has 8 nitrogen and oxygen atoms in total. The number of fused-ring (bicyclic) bond motifs is 1. The highest BCUT2D eigenvalue weighted by molar-refractivity contribution is 5.97. The summed E-state index contributed by atoms with van der Waals surface area (Å²) >= 11 is 0. The van der Waals surface area contributed by atoms with Crippen LogP contribution >= 0.6 is 0 Å². The van der Waals surface area contributed by atoms with Crippen LogP contribution in [0.2, 0.25) is 0 Å². The molecule has 0 saturated carbocycles. The number of nitrogens with one attached hydrogen (secondary N) is 1. The van der Waals surface area contributed by atoms with Crippen molar-refractivity contribution in [3.63, 3.8) is 0 Å². The van der Waals surface area contributed by atoms with Crippen LogP contribution in [0.25, 0.3) is 0 Å². The molecule has 0 aromatic heterocycles. The van der Waals surface area contributed by atoms with Gasteiger partial charge in [-0.25, -0.2) is 9.59 Å². The van der Waals surface area contributed by atoms with Gasteiger partial charge in [0.2, 0.25) is 5.91 Å². The number of anilines is 2. The third-order valence-electron chi connectivity index (χ3n) is 5.02. The fraction of sp³-hybridized carbons (Fsp3) is 0.348. The second-order valence-electron chi connectivity index (χ2n) is 7.09. The normalized spacial score (nSPS) is 12.9. The molecule has 0 saturated heterocycles. The van der Waals surface area contributed by atoms with Crippen LogP contribution in [-0.2, 0) is 14.3 Å².